The number of carbonyl (C=O) groups is 2. The van der Waals surface area contributed by atoms with Gasteiger partial charge in [-0.3, -0.25) is 9.59 Å². The molecule has 0 radical (unpaired) electrons. The highest BCUT2D eigenvalue weighted by Crippen LogP contribution is 2.09. The second-order valence-corrected chi connectivity index (χ2v) is 4.70. The lowest BCUT2D eigenvalue weighted by atomic mass is 10.1. The fraction of sp³-hybridized carbons (Fsp3) is 0.467. The third-order valence-electron chi connectivity index (χ3n) is 2.85. The van der Waals surface area contributed by atoms with E-state index in [0.717, 1.165) is 12.8 Å². The van der Waals surface area contributed by atoms with Crippen molar-refractivity contribution < 1.29 is 9.59 Å². The van der Waals surface area contributed by atoms with Crippen molar-refractivity contribution >= 4 is 29.9 Å². The molecule has 0 unspecified atom stereocenters. The number of anilines is 1. The Morgan fingerprint density at radius 2 is 1.76 bits per heavy atom. The summed E-state index contributed by atoms with van der Waals surface area (Å²) in [7, 11) is 0. The number of amides is 2. The Kier molecular flexibility index (Phi) is 9.21. The molecule has 0 saturated heterocycles. The van der Waals surface area contributed by atoms with Crippen LogP contribution in [0.25, 0.3) is 0 Å². The number of nitrogen functional groups attached to an aromatic ring is 1. The van der Waals surface area contributed by atoms with Gasteiger partial charge in [0.1, 0.15) is 0 Å². The van der Waals surface area contributed by atoms with Crippen LogP contribution in [0.4, 0.5) is 5.69 Å². The Balaban J connectivity index is 0.00000400. The van der Waals surface area contributed by atoms with Crippen LogP contribution in [0, 0.1) is 0 Å². The van der Waals surface area contributed by atoms with Crippen LogP contribution < -0.4 is 11.1 Å². The summed E-state index contributed by atoms with van der Waals surface area (Å²) in [6, 6.07) is 6.75. The molecule has 0 aliphatic rings. The molecule has 1 aromatic carbocycles. The van der Waals surface area contributed by atoms with Crippen LogP contribution >= 0.6 is 12.4 Å². The monoisotopic (exact) mass is 313 g/mol. The molecule has 0 fully saturated rings. The van der Waals surface area contributed by atoms with Crippen LogP contribution in [0.15, 0.2) is 24.3 Å². The Labute approximate surface area is 132 Å². The average Bonchev–Trinajstić information content (AvgIpc) is 2.44. The first-order chi connectivity index (χ1) is 9.58. The number of carbonyl (C=O) groups excluding carboxylic acids is 2. The van der Waals surface area contributed by atoms with E-state index in [0.29, 0.717) is 24.3 Å². The molecule has 0 aliphatic heterocycles. The molecule has 0 atom stereocenters. The lowest BCUT2D eigenvalue weighted by Crippen LogP contribution is -2.41. The first-order valence-electron chi connectivity index (χ1n) is 7.00. The van der Waals surface area contributed by atoms with Crippen LogP contribution in [0.1, 0.15) is 37.0 Å². The minimum Gasteiger partial charge on any atom is -0.399 e. The van der Waals surface area contributed by atoms with Crippen LogP contribution in [-0.2, 0) is 4.79 Å². The zero-order chi connectivity index (χ0) is 15.0. The molecule has 118 valence electrons. The summed E-state index contributed by atoms with van der Waals surface area (Å²) >= 11 is 0. The maximum atomic E-state index is 12.4. The third kappa shape index (κ3) is 6.49. The zero-order valence-corrected chi connectivity index (χ0v) is 13.4. The Bertz CT molecular complexity index is 449. The molecule has 21 heavy (non-hydrogen) atoms. The van der Waals surface area contributed by atoms with Crippen molar-refractivity contribution in [2.45, 2.75) is 26.7 Å². The van der Waals surface area contributed by atoms with E-state index < -0.39 is 0 Å². The number of hydrogen-bond donors (Lipinski definition) is 2. The van der Waals surface area contributed by atoms with Gasteiger partial charge in [0.15, 0.2) is 0 Å². The maximum absolute atomic E-state index is 12.4. The van der Waals surface area contributed by atoms with Gasteiger partial charge in [-0.05, 0) is 37.1 Å². The largest absolute Gasteiger partial charge is 0.399 e. The van der Waals surface area contributed by atoms with E-state index in [9.17, 15) is 9.59 Å². The molecule has 6 heteroatoms. The SMILES string of the molecule is CCCNC(=O)CN(CCC)C(=O)c1ccc(N)cc1.Cl. The van der Waals surface area contributed by atoms with Crippen molar-refractivity contribution in [3.8, 4) is 0 Å². The number of nitrogens with one attached hydrogen (secondary N) is 1. The standard InChI is InChI=1S/C15H23N3O2.ClH/c1-3-9-17-14(19)11-18(10-4-2)15(20)12-5-7-13(16)8-6-12;/h5-8H,3-4,9-11,16H2,1-2H3,(H,17,19);1H. The molecule has 5 nitrogen and oxygen atoms in total. The highest BCUT2D eigenvalue weighted by Gasteiger charge is 2.17. The first kappa shape index (κ1) is 19.2. The van der Waals surface area contributed by atoms with Gasteiger partial charge < -0.3 is 16.0 Å². The molecule has 3 N–H and O–H groups in total. The van der Waals surface area contributed by atoms with Gasteiger partial charge in [-0.25, -0.2) is 0 Å². The summed E-state index contributed by atoms with van der Waals surface area (Å²) in [6.07, 6.45) is 1.69. The molecule has 0 aromatic heterocycles. The molecule has 0 spiro atoms. The van der Waals surface area contributed by atoms with Crippen molar-refractivity contribution in [2.24, 2.45) is 0 Å². The van der Waals surface area contributed by atoms with Crippen molar-refractivity contribution in [2.75, 3.05) is 25.4 Å². The molecule has 1 rings (SSSR count). The van der Waals surface area contributed by atoms with Gasteiger partial charge >= 0.3 is 0 Å². The minimum atomic E-state index is -0.140. The predicted octanol–water partition coefficient (Wildman–Crippen LogP) is 2.07. The van der Waals surface area contributed by atoms with Crippen LogP contribution in [0.5, 0.6) is 0 Å². The van der Waals surface area contributed by atoms with E-state index >= 15 is 0 Å². The number of benzene rings is 1. The third-order valence-corrected chi connectivity index (χ3v) is 2.85. The summed E-state index contributed by atoms with van der Waals surface area (Å²) in [5.74, 6) is -0.261. The van der Waals surface area contributed by atoms with Gasteiger partial charge in [0, 0.05) is 24.3 Å². The zero-order valence-electron chi connectivity index (χ0n) is 12.6. The summed E-state index contributed by atoms with van der Waals surface area (Å²) in [6.45, 7) is 5.26. The fourth-order valence-corrected chi connectivity index (χ4v) is 1.82. The summed E-state index contributed by atoms with van der Waals surface area (Å²) in [5.41, 5.74) is 6.78. The van der Waals surface area contributed by atoms with E-state index in [4.69, 9.17) is 5.73 Å². The molecule has 0 heterocycles. The van der Waals surface area contributed by atoms with E-state index in [1.807, 2.05) is 13.8 Å². The van der Waals surface area contributed by atoms with Crippen LogP contribution in [0.2, 0.25) is 0 Å². The van der Waals surface area contributed by atoms with Gasteiger partial charge in [0.2, 0.25) is 5.91 Å². The highest BCUT2D eigenvalue weighted by molar-refractivity contribution is 5.96. The summed E-state index contributed by atoms with van der Waals surface area (Å²) in [4.78, 5) is 25.7. The van der Waals surface area contributed by atoms with Crippen molar-refractivity contribution in [3.63, 3.8) is 0 Å². The highest BCUT2D eigenvalue weighted by atomic mass is 35.5. The molecule has 2 amide bonds. The number of nitrogens with zero attached hydrogens (tertiary/aromatic N) is 1. The fourth-order valence-electron chi connectivity index (χ4n) is 1.82. The molecular formula is C15H24ClN3O2. The summed E-state index contributed by atoms with van der Waals surface area (Å²) < 4.78 is 0. The smallest absolute Gasteiger partial charge is 0.254 e. The van der Waals surface area contributed by atoms with Gasteiger partial charge in [-0.15, -0.1) is 12.4 Å². The lowest BCUT2D eigenvalue weighted by molar-refractivity contribution is -0.121. The number of nitrogens with two attached hydrogens (primary N) is 1. The van der Waals surface area contributed by atoms with Gasteiger partial charge in [0.25, 0.3) is 5.91 Å². The van der Waals surface area contributed by atoms with Crippen molar-refractivity contribution in [1.82, 2.24) is 10.2 Å². The molecular weight excluding hydrogens is 290 g/mol. The number of rotatable bonds is 7. The summed E-state index contributed by atoms with van der Waals surface area (Å²) in [5, 5.41) is 2.78. The lowest BCUT2D eigenvalue weighted by Gasteiger charge is -2.21. The maximum Gasteiger partial charge on any atom is 0.254 e. The topological polar surface area (TPSA) is 75.4 Å². The van der Waals surface area contributed by atoms with Gasteiger partial charge in [0.05, 0.1) is 6.54 Å². The molecule has 0 aliphatic carbocycles. The van der Waals surface area contributed by atoms with E-state index in [-0.39, 0.29) is 30.8 Å². The predicted molar refractivity (Wildman–Crippen MR) is 87.6 cm³/mol. The first-order valence-corrected chi connectivity index (χ1v) is 7.00. The van der Waals surface area contributed by atoms with Crippen LogP contribution in [0.3, 0.4) is 0 Å². The Morgan fingerprint density at radius 3 is 2.29 bits per heavy atom. The molecule has 0 bridgehead atoms. The second kappa shape index (κ2) is 10.0. The second-order valence-electron chi connectivity index (χ2n) is 4.70. The Morgan fingerprint density at radius 1 is 1.14 bits per heavy atom. The normalized spacial score (nSPS) is 9.62. The molecule has 1 aromatic rings. The molecule has 0 saturated carbocycles. The van der Waals surface area contributed by atoms with Gasteiger partial charge in [-0.2, -0.15) is 0 Å². The van der Waals surface area contributed by atoms with Crippen molar-refractivity contribution in [1.29, 1.82) is 0 Å². The van der Waals surface area contributed by atoms with Crippen molar-refractivity contribution in [3.05, 3.63) is 29.8 Å². The Hall–Kier alpha value is -1.75. The van der Waals surface area contributed by atoms with E-state index in [1.54, 1.807) is 29.2 Å². The quantitative estimate of drug-likeness (QED) is 0.757. The average molecular weight is 314 g/mol. The minimum absolute atomic E-state index is 0. The van der Waals surface area contributed by atoms with E-state index in [2.05, 4.69) is 5.32 Å². The number of hydrogen-bond acceptors (Lipinski definition) is 3. The van der Waals surface area contributed by atoms with Crippen LogP contribution in [-0.4, -0.2) is 36.3 Å². The van der Waals surface area contributed by atoms with E-state index in [1.165, 1.54) is 0 Å². The van der Waals surface area contributed by atoms with Gasteiger partial charge in [-0.1, -0.05) is 13.8 Å². The number of halogens is 1.